The summed E-state index contributed by atoms with van der Waals surface area (Å²) in [5.41, 5.74) is 1.54. The molecule has 0 radical (unpaired) electrons. The summed E-state index contributed by atoms with van der Waals surface area (Å²) in [5.74, 6) is -2.68. The van der Waals surface area contributed by atoms with E-state index in [0.29, 0.717) is 5.69 Å². The van der Waals surface area contributed by atoms with Crippen LogP contribution in [-0.4, -0.2) is 26.6 Å². The number of benzene rings is 2. The molecular weight excluding hydrogens is 374 g/mol. The molecule has 0 aliphatic heterocycles. The molecule has 0 fully saturated rings. The first-order valence-electron chi connectivity index (χ1n) is 8.37. The Hall–Kier alpha value is -2.48. The molecule has 27 heavy (non-hydrogen) atoms. The number of anilines is 2. The van der Waals surface area contributed by atoms with Crippen molar-refractivity contribution in [3.8, 4) is 0 Å². The molecule has 1 amide bonds. The van der Waals surface area contributed by atoms with Gasteiger partial charge >= 0.3 is 0 Å². The van der Waals surface area contributed by atoms with Gasteiger partial charge < -0.3 is 5.32 Å². The van der Waals surface area contributed by atoms with Gasteiger partial charge in [0.15, 0.2) is 0 Å². The smallest absolute Gasteiger partial charge is 0.248 e. The van der Waals surface area contributed by atoms with Gasteiger partial charge in [-0.05, 0) is 55.7 Å². The molecule has 1 N–H and O–H groups in total. The number of nitrogens with one attached hydrogen (secondary N) is 1. The second-order valence-corrected chi connectivity index (χ2v) is 8.20. The van der Waals surface area contributed by atoms with Crippen molar-refractivity contribution in [2.75, 3.05) is 15.9 Å². The Balaban J connectivity index is 2.46. The van der Waals surface area contributed by atoms with Crippen LogP contribution in [0.15, 0.2) is 36.4 Å². The monoisotopic (exact) mass is 396 g/mol. The van der Waals surface area contributed by atoms with Crippen LogP contribution in [0.4, 0.5) is 20.2 Å². The molecule has 0 bridgehead atoms. The number of halogens is 2. The molecule has 0 aliphatic rings. The van der Waals surface area contributed by atoms with Gasteiger partial charge in [-0.1, -0.05) is 19.1 Å². The van der Waals surface area contributed by atoms with Crippen molar-refractivity contribution in [3.63, 3.8) is 0 Å². The van der Waals surface area contributed by atoms with E-state index in [4.69, 9.17) is 0 Å². The van der Waals surface area contributed by atoms with Gasteiger partial charge in [-0.15, -0.1) is 0 Å². The van der Waals surface area contributed by atoms with Crippen LogP contribution in [0.5, 0.6) is 0 Å². The molecule has 2 aromatic carbocycles. The summed E-state index contributed by atoms with van der Waals surface area (Å²) in [6.45, 7) is 5.34. The molecule has 0 aromatic heterocycles. The SMILES string of the molecule is CC[C@H](C(=O)Nc1c(F)cccc1F)N(c1ccc(C)c(C)c1)S(C)(=O)=O. The number of hydrogen-bond donors (Lipinski definition) is 1. The van der Waals surface area contributed by atoms with Crippen molar-refractivity contribution >= 4 is 27.3 Å². The van der Waals surface area contributed by atoms with Crippen molar-refractivity contribution in [2.45, 2.75) is 33.2 Å². The molecule has 0 saturated heterocycles. The van der Waals surface area contributed by atoms with Crippen molar-refractivity contribution in [1.82, 2.24) is 0 Å². The van der Waals surface area contributed by atoms with Crippen molar-refractivity contribution < 1.29 is 22.0 Å². The number of carbonyl (C=O) groups is 1. The summed E-state index contributed by atoms with van der Waals surface area (Å²) in [6, 6.07) is 7.05. The van der Waals surface area contributed by atoms with Crippen molar-refractivity contribution in [2.24, 2.45) is 0 Å². The summed E-state index contributed by atoms with van der Waals surface area (Å²) in [6.07, 6.45) is 1.10. The molecule has 2 rings (SSSR count). The first-order valence-corrected chi connectivity index (χ1v) is 10.2. The minimum atomic E-state index is -3.83. The quantitative estimate of drug-likeness (QED) is 0.808. The highest BCUT2D eigenvalue weighted by Crippen LogP contribution is 2.26. The van der Waals surface area contributed by atoms with Crippen LogP contribution in [0, 0.1) is 25.5 Å². The Kier molecular flexibility index (Phi) is 6.20. The van der Waals surface area contributed by atoms with Crippen molar-refractivity contribution in [3.05, 3.63) is 59.2 Å². The second kappa shape index (κ2) is 8.04. The van der Waals surface area contributed by atoms with Crippen LogP contribution in [0.25, 0.3) is 0 Å². The molecular formula is C19H22F2N2O3S. The summed E-state index contributed by atoms with van der Waals surface area (Å²) in [7, 11) is -3.83. The maximum atomic E-state index is 13.8. The van der Waals surface area contributed by atoms with E-state index < -0.39 is 39.3 Å². The van der Waals surface area contributed by atoms with Gasteiger partial charge in [0.25, 0.3) is 0 Å². The molecule has 5 nitrogen and oxygen atoms in total. The van der Waals surface area contributed by atoms with Gasteiger partial charge in [-0.2, -0.15) is 0 Å². The van der Waals surface area contributed by atoms with Crippen LogP contribution in [0.3, 0.4) is 0 Å². The van der Waals surface area contributed by atoms with Gasteiger partial charge in [0, 0.05) is 0 Å². The molecule has 0 spiro atoms. The Morgan fingerprint density at radius 1 is 1.11 bits per heavy atom. The van der Waals surface area contributed by atoms with E-state index in [1.807, 2.05) is 13.8 Å². The van der Waals surface area contributed by atoms with Crippen LogP contribution in [0.2, 0.25) is 0 Å². The minimum Gasteiger partial charge on any atom is -0.319 e. The number of hydrogen-bond acceptors (Lipinski definition) is 3. The Morgan fingerprint density at radius 3 is 2.19 bits per heavy atom. The highest BCUT2D eigenvalue weighted by atomic mass is 32.2. The fraction of sp³-hybridized carbons (Fsp3) is 0.316. The third-order valence-corrected chi connectivity index (χ3v) is 5.47. The van der Waals surface area contributed by atoms with Crippen LogP contribution in [0.1, 0.15) is 24.5 Å². The van der Waals surface area contributed by atoms with Gasteiger partial charge in [0.05, 0.1) is 11.9 Å². The van der Waals surface area contributed by atoms with E-state index in [2.05, 4.69) is 5.32 Å². The maximum absolute atomic E-state index is 13.8. The van der Waals surface area contributed by atoms with Gasteiger partial charge in [0.1, 0.15) is 23.4 Å². The number of aryl methyl sites for hydroxylation is 2. The van der Waals surface area contributed by atoms with E-state index in [1.165, 1.54) is 6.07 Å². The first kappa shape index (κ1) is 20.8. The Morgan fingerprint density at radius 2 is 1.70 bits per heavy atom. The van der Waals surface area contributed by atoms with Crippen LogP contribution < -0.4 is 9.62 Å². The second-order valence-electron chi connectivity index (χ2n) is 6.34. The molecule has 0 unspecified atom stereocenters. The summed E-state index contributed by atoms with van der Waals surface area (Å²) >= 11 is 0. The van der Waals surface area contributed by atoms with Gasteiger partial charge in [-0.25, -0.2) is 17.2 Å². The lowest BCUT2D eigenvalue weighted by molar-refractivity contribution is -0.117. The summed E-state index contributed by atoms with van der Waals surface area (Å²) in [5, 5.41) is 2.18. The van der Waals surface area contributed by atoms with E-state index >= 15 is 0 Å². The number of nitrogens with zero attached hydrogens (tertiary/aromatic N) is 1. The normalized spacial score (nSPS) is 12.5. The molecule has 0 heterocycles. The molecule has 0 saturated carbocycles. The van der Waals surface area contributed by atoms with E-state index in [-0.39, 0.29) is 6.42 Å². The summed E-state index contributed by atoms with van der Waals surface area (Å²) < 4.78 is 53.5. The third kappa shape index (κ3) is 4.63. The number of sulfonamides is 1. The van der Waals surface area contributed by atoms with E-state index in [1.54, 1.807) is 25.1 Å². The average Bonchev–Trinajstić information content (AvgIpc) is 2.57. The third-order valence-electron chi connectivity index (χ3n) is 4.29. The zero-order valence-corrected chi connectivity index (χ0v) is 16.4. The van der Waals surface area contributed by atoms with Crippen LogP contribution >= 0.6 is 0 Å². The largest absolute Gasteiger partial charge is 0.319 e. The number of amides is 1. The first-order chi connectivity index (χ1) is 12.6. The Bertz CT molecular complexity index is 941. The fourth-order valence-electron chi connectivity index (χ4n) is 2.75. The van der Waals surface area contributed by atoms with Crippen molar-refractivity contribution in [1.29, 1.82) is 0 Å². The van der Waals surface area contributed by atoms with Crippen LogP contribution in [-0.2, 0) is 14.8 Å². The fourth-order valence-corrected chi connectivity index (χ4v) is 3.95. The number of rotatable bonds is 6. The number of para-hydroxylation sites is 1. The molecule has 8 heteroatoms. The zero-order valence-electron chi connectivity index (χ0n) is 15.6. The minimum absolute atomic E-state index is 0.113. The molecule has 2 aromatic rings. The molecule has 146 valence electrons. The lowest BCUT2D eigenvalue weighted by atomic mass is 10.1. The standard InChI is InChI=1S/C19H22F2N2O3S/c1-5-17(19(24)22-18-15(20)7-6-8-16(18)21)23(27(4,25)26)14-10-9-12(2)13(3)11-14/h6-11,17H,5H2,1-4H3,(H,22,24)/t17-/m1/s1. The summed E-state index contributed by atoms with van der Waals surface area (Å²) in [4.78, 5) is 12.7. The lowest BCUT2D eigenvalue weighted by Crippen LogP contribution is -2.47. The number of carbonyl (C=O) groups excluding carboxylic acids is 1. The van der Waals surface area contributed by atoms with E-state index in [0.717, 1.165) is 33.8 Å². The predicted molar refractivity (Wildman–Crippen MR) is 102 cm³/mol. The molecule has 0 aliphatic carbocycles. The lowest BCUT2D eigenvalue weighted by Gasteiger charge is -2.30. The van der Waals surface area contributed by atoms with Gasteiger partial charge in [0.2, 0.25) is 15.9 Å². The zero-order chi connectivity index (χ0) is 20.4. The Labute approximate surface area is 158 Å². The highest BCUT2D eigenvalue weighted by molar-refractivity contribution is 7.92. The maximum Gasteiger partial charge on any atom is 0.248 e. The van der Waals surface area contributed by atoms with E-state index in [9.17, 15) is 22.0 Å². The highest BCUT2D eigenvalue weighted by Gasteiger charge is 2.32. The topological polar surface area (TPSA) is 66.5 Å². The predicted octanol–water partition coefficient (Wildman–Crippen LogP) is 3.76. The molecule has 1 atom stereocenters. The average molecular weight is 396 g/mol. The van der Waals surface area contributed by atoms with Gasteiger partial charge in [-0.3, -0.25) is 9.10 Å².